The van der Waals surface area contributed by atoms with E-state index in [2.05, 4.69) is 15.3 Å². The zero-order chi connectivity index (χ0) is 18.5. The van der Waals surface area contributed by atoms with Crippen molar-refractivity contribution in [3.63, 3.8) is 0 Å². The van der Waals surface area contributed by atoms with Gasteiger partial charge in [0.25, 0.3) is 5.91 Å². The molecule has 138 valence electrons. The maximum atomic E-state index is 12.5. The Morgan fingerprint density at radius 3 is 2.73 bits per heavy atom. The molecule has 1 aromatic carbocycles. The molecule has 1 aliphatic heterocycles. The largest absolute Gasteiger partial charge is 0.378 e. The van der Waals surface area contributed by atoms with E-state index in [1.807, 2.05) is 17.9 Å². The number of hydrogen-bond acceptors (Lipinski definition) is 5. The monoisotopic (exact) mass is 394 g/mol. The number of aromatic nitrogens is 2. The number of hydrogen-bond donors (Lipinski definition) is 1. The second kappa shape index (κ2) is 8.66. The van der Waals surface area contributed by atoms with Gasteiger partial charge in [-0.05, 0) is 37.1 Å². The Hall–Kier alpha value is -1.89. The van der Waals surface area contributed by atoms with Crippen LogP contribution in [-0.4, -0.2) is 48.7 Å². The SMILES string of the molecule is Cc1cc(C(=O)NCCc2ccc(Cl)cc2Cl)nc(N2CCOCC2)n1. The number of ether oxygens (including phenoxy) is 1. The number of carbonyl (C=O) groups excluding carboxylic acids is 1. The fraction of sp³-hybridized carbons (Fsp3) is 0.389. The van der Waals surface area contributed by atoms with Crippen LogP contribution >= 0.6 is 23.2 Å². The zero-order valence-corrected chi connectivity index (χ0v) is 16.0. The van der Waals surface area contributed by atoms with Gasteiger partial charge in [0, 0.05) is 35.4 Å². The van der Waals surface area contributed by atoms with E-state index in [0.717, 1.165) is 24.3 Å². The Balaban J connectivity index is 1.63. The number of carbonyl (C=O) groups is 1. The number of nitrogens with zero attached hydrogens (tertiary/aromatic N) is 3. The number of nitrogens with one attached hydrogen (secondary N) is 1. The minimum Gasteiger partial charge on any atom is -0.378 e. The summed E-state index contributed by atoms with van der Waals surface area (Å²) < 4.78 is 5.35. The third-order valence-corrected chi connectivity index (χ3v) is 4.65. The fourth-order valence-corrected chi connectivity index (χ4v) is 3.20. The van der Waals surface area contributed by atoms with Crippen LogP contribution in [-0.2, 0) is 11.2 Å². The third kappa shape index (κ3) is 4.84. The summed E-state index contributed by atoms with van der Waals surface area (Å²) in [6.07, 6.45) is 0.613. The molecule has 26 heavy (non-hydrogen) atoms. The van der Waals surface area contributed by atoms with Gasteiger partial charge >= 0.3 is 0 Å². The molecule has 1 amide bonds. The summed E-state index contributed by atoms with van der Waals surface area (Å²) in [5, 5.41) is 4.07. The van der Waals surface area contributed by atoms with Crippen molar-refractivity contribution >= 4 is 35.1 Å². The van der Waals surface area contributed by atoms with Gasteiger partial charge in [-0.3, -0.25) is 4.79 Å². The lowest BCUT2D eigenvalue weighted by Crippen LogP contribution is -2.38. The van der Waals surface area contributed by atoms with Crippen LogP contribution in [0.15, 0.2) is 24.3 Å². The van der Waals surface area contributed by atoms with Crippen LogP contribution in [0, 0.1) is 6.92 Å². The number of morpholine rings is 1. The van der Waals surface area contributed by atoms with Crippen molar-refractivity contribution in [2.45, 2.75) is 13.3 Å². The lowest BCUT2D eigenvalue weighted by Gasteiger charge is -2.27. The lowest BCUT2D eigenvalue weighted by molar-refractivity contribution is 0.0948. The third-order valence-electron chi connectivity index (χ3n) is 4.06. The number of benzene rings is 1. The lowest BCUT2D eigenvalue weighted by atomic mass is 10.1. The first-order valence-corrected chi connectivity index (χ1v) is 9.19. The van der Waals surface area contributed by atoms with Crippen molar-refractivity contribution in [3.8, 4) is 0 Å². The van der Waals surface area contributed by atoms with Gasteiger partial charge in [0.2, 0.25) is 5.95 Å². The van der Waals surface area contributed by atoms with Crippen LogP contribution < -0.4 is 10.2 Å². The summed E-state index contributed by atoms with van der Waals surface area (Å²) in [6.45, 7) is 5.03. The van der Waals surface area contributed by atoms with E-state index < -0.39 is 0 Å². The van der Waals surface area contributed by atoms with Crippen molar-refractivity contribution in [3.05, 3.63) is 51.3 Å². The predicted octanol–water partition coefficient (Wildman–Crippen LogP) is 2.90. The zero-order valence-electron chi connectivity index (χ0n) is 14.5. The van der Waals surface area contributed by atoms with Gasteiger partial charge in [0.15, 0.2) is 0 Å². The Morgan fingerprint density at radius 2 is 2.00 bits per heavy atom. The van der Waals surface area contributed by atoms with Gasteiger partial charge in [-0.15, -0.1) is 0 Å². The van der Waals surface area contributed by atoms with Crippen LogP contribution in [0.3, 0.4) is 0 Å². The Kier molecular flexibility index (Phi) is 6.29. The van der Waals surface area contributed by atoms with Crippen molar-refractivity contribution in [2.75, 3.05) is 37.7 Å². The normalized spacial score (nSPS) is 14.3. The number of anilines is 1. The summed E-state index contributed by atoms with van der Waals surface area (Å²) in [6, 6.07) is 7.03. The Bertz CT molecular complexity index is 795. The average molecular weight is 395 g/mol. The van der Waals surface area contributed by atoms with E-state index in [0.29, 0.717) is 47.9 Å². The second-order valence-electron chi connectivity index (χ2n) is 6.04. The highest BCUT2D eigenvalue weighted by Gasteiger charge is 2.17. The van der Waals surface area contributed by atoms with Crippen LogP contribution in [0.5, 0.6) is 0 Å². The van der Waals surface area contributed by atoms with Gasteiger partial charge < -0.3 is 15.0 Å². The summed E-state index contributed by atoms with van der Waals surface area (Å²) >= 11 is 12.1. The van der Waals surface area contributed by atoms with E-state index in [4.69, 9.17) is 27.9 Å². The number of rotatable bonds is 5. The molecule has 1 aliphatic rings. The molecule has 0 saturated carbocycles. The van der Waals surface area contributed by atoms with Crippen LogP contribution in [0.4, 0.5) is 5.95 Å². The maximum Gasteiger partial charge on any atom is 0.270 e. The molecule has 0 aliphatic carbocycles. The minimum atomic E-state index is -0.227. The fourth-order valence-electron chi connectivity index (χ4n) is 2.70. The van der Waals surface area contributed by atoms with Gasteiger partial charge in [-0.25, -0.2) is 9.97 Å². The van der Waals surface area contributed by atoms with Crippen LogP contribution in [0.2, 0.25) is 10.0 Å². The van der Waals surface area contributed by atoms with E-state index in [1.54, 1.807) is 18.2 Å². The van der Waals surface area contributed by atoms with Crippen molar-refractivity contribution < 1.29 is 9.53 Å². The highest BCUT2D eigenvalue weighted by atomic mass is 35.5. The first-order chi connectivity index (χ1) is 12.5. The molecule has 8 heteroatoms. The molecule has 2 aromatic rings. The molecule has 1 aromatic heterocycles. The predicted molar refractivity (Wildman–Crippen MR) is 102 cm³/mol. The van der Waals surface area contributed by atoms with Gasteiger partial charge in [-0.2, -0.15) is 0 Å². The van der Waals surface area contributed by atoms with Crippen molar-refractivity contribution in [2.24, 2.45) is 0 Å². The smallest absolute Gasteiger partial charge is 0.270 e. The first-order valence-electron chi connectivity index (χ1n) is 8.43. The summed E-state index contributed by atoms with van der Waals surface area (Å²) in [5.41, 5.74) is 2.05. The van der Waals surface area contributed by atoms with Crippen LogP contribution in [0.25, 0.3) is 0 Å². The summed E-state index contributed by atoms with van der Waals surface area (Å²) in [5.74, 6) is 0.342. The molecule has 3 rings (SSSR count). The molecule has 1 saturated heterocycles. The number of aryl methyl sites for hydroxylation is 1. The van der Waals surface area contributed by atoms with E-state index in [1.165, 1.54) is 0 Å². The molecule has 2 heterocycles. The molecule has 0 radical (unpaired) electrons. The highest BCUT2D eigenvalue weighted by Crippen LogP contribution is 2.21. The van der Waals surface area contributed by atoms with E-state index in [9.17, 15) is 4.79 Å². The molecule has 6 nitrogen and oxygen atoms in total. The van der Waals surface area contributed by atoms with Crippen LogP contribution in [0.1, 0.15) is 21.7 Å². The molecule has 0 spiro atoms. The molecule has 1 N–H and O–H groups in total. The molecule has 1 fully saturated rings. The molecule has 0 unspecified atom stereocenters. The standard InChI is InChI=1S/C18H20Cl2N4O2/c1-12-10-16(23-18(22-12)24-6-8-26-9-7-24)17(25)21-5-4-13-2-3-14(19)11-15(13)20/h2-3,10-11H,4-9H2,1H3,(H,21,25). The highest BCUT2D eigenvalue weighted by molar-refractivity contribution is 6.35. The Morgan fingerprint density at radius 1 is 1.23 bits per heavy atom. The van der Waals surface area contributed by atoms with E-state index >= 15 is 0 Å². The average Bonchev–Trinajstić information content (AvgIpc) is 2.63. The molecular formula is C18H20Cl2N4O2. The topological polar surface area (TPSA) is 67.4 Å². The summed E-state index contributed by atoms with van der Waals surface area (Å²) in [4.78, 5) is 23.3. The Labute approximate surface area is 162 Å². The molecular weight excluding hydrogens is 375 g/mol. The maximum absolute atomic E-state index is 12.5. The minimum absolute atomic E-state index is 0.227. The number of halogens is 2. The van der Waals surface area contributed by atoms with Crippen molar-refractivity contribution in [1.29, 1.82) is 0 Å². The quantitative estimate of drug-likeness (QED) is 0.844. The van der Waals surface area contributed by atoms with Gasteiger partial charge in [0.05, 0.1) is 13.2 Å². The van der Waals surface area contributed by atoms with Crippen molar-refractivity contribution in [1.82, 2.24) is 15.3 Å². The summed E-state index contributed by atoms with van der Waals surface area (Å²) in [7, 11) is 0. The van der Waals surface area contributed by atoms with Gasteiger partial charge in [0.1, 0.15) is 5.69 Å². The number of amides is 1. The first kappa shape index (κ1) is 18.9. The molecule has 0 bridgehead atoms. The van der Waals surface area contributed by atoms with E-state index in [-0.39, 0.29) is 5.91 Å². The molecule has 0 atom stereocenters. The second-order valence-corrected chi connectivity index (χ2v) is 6.88. The van der Waals surface area contributed by atoms with Gasteiger partial charge in [-0.1, -0.05) is 29.3 Å².